The van der Waals surface area contributed by atoms with Gasteiger partial charge in [-0.2, -0.15) is 0 Å². The summed E-state index contributed by atoms with van der Waals surface area (Å²) in [6.45, 7) is 10.1. The quantitative estimate of drug-likeness (QED) is 0.0563. The number of carbonyl (C=O) groups excluding carboxylic acids is 4. The van der Waals surface area contributed by atoms with Crippen molar-refractivity contribution in [2.75, 3.05) is 19.8 Å². The van der Waals surface area contributed by atoms with E-state index in [4.69, 9.17) is 53.8 Å². The number of alkyl halides is 3. The summed E-state index contributed by atoms with van der Waals surface area (Å²) in [6, 6.07) is 15.8. The van der Waals surface area contributed by atoms with E-state index in [1.165, 1.54) is 0 Å². The molecule has 1 amide bonds. The maximum Gasteiger partial charge on any atom is 0.407 e. The molecule has 1 aliphatic rings. The van der Waals surface area contributed by atoms with Crippen LogP contribution in [0.15, 0.2) is 60.7 Å². The first-order chi connectivity index (χ1) is 23.0. The molecule has 2 atom stereocenters. The van der Waals surface area contributed by atoms with Crippen LogP contribution in [0.3, 0.4) is 0 Å². The van der Waals surface area contributed by atoms with Gasteiger partial charge in [-0.1, -0.05) is 129 Å². The maximum absolute atomic E-state index is 13.4. The molecule has 0 radical (unpaired) electrons. The second-order valence-corrected chi connectivity index (χ2v) is 21.6. The highest BCUT2D eigenvalue weighted by molar-refractivity contribution is 6.76. The molecule has 0 unspecified atom stereocenters. The van der Waals surface area contributed by atoms with Crippen LogP contribution in [0.25, 0.3) is 11.1 Å². The van der Waals surface area contributed by atoms with Crippen LogP contribution in [0.2, 0.25) is 25.7 Å². The Balaban J connectivity index is 1.60. The van der Waals surface area contributed by atoms with E-state index in [0.717, 1.165) is 28.3 Å². The number of halogens is 3. The molecule has 0 saturated heterocycles. The summed E-state index contributed by atoms with van der Waals surface area (Å²) in [4.78, 5) is 51.1. The summed E-state index contributed by atoms with van der Waals surface area (Å²) in [5, 5.41) is 2.66. The average Bonchev–Trinajstić information content (AvgIpc) is 3.33. The number of carbonyl (C=O) groups is 4. The molecule has 49 heavy (non-hydrogen) atoms. The van der Waals surface area contributed by atoms with Gasteiger partial charge in [0, 0.05) is 26.8 Å². The first kappa shape index (κ1) is 40.4. The van der Waals surface area contributed by atoms with Crippen LogP contribution in [-0.4, -0.2) is 67.8 Å². The van der Waals surface area contributed by atoms with E-state index >= 15 is 0 Å². The molecular weight excluding hydrogens is 709 g/mol. The van der Waals surface area contributed by atoms with Crippen LogP contribution < -0.4 is 5.32 Å². The zero-order valence-corrected chi connectivity index (χ0v) is 31.9. The number of hydrogen-bond acceptors (Lipinski definition) is 8. The lowest BCUT2D eigenvalue weighted by Crippen LogP contribution is -2.46. The van der Waals surface area contributed by atoms with E-state index in [1.807, 2.05) is 36.4 Å². The van der Waals surface area contributed by atoms with E-state index in [2.05, 4.69) is 37.1 Å². The first-order valence-corrected chi connectivity index (χ1v) is 21.2. The predicted octanol–water partition coefficient (Wildman–Crippen LogP) is 8.37. The number of rotatable bonds is 17. The van der Waals surface area contributed by atoms with Crippen LogP contribution in [0.5, 0.6) is 0 Å². The second kappa shape index (κ2) is 18.8. The van der Waals surface area contributed by atoms with Gasteiger partial charge in [-0.15, -0.1) is 0 Å². The normalized spacial score (nSPS) is 14.1. The molecule has 0 aliphatic heterocycles. The molecule has 0 fully saturated rings. The highest BCUT2D eigenvalue weighted by atomic mass is 35.6. The lowest BCUT2D eigenvalue weighted by atomic mass is 9.98. The summed E-state index contributed by atoms with van der Waals surface area (Å²) in [6.07, 6.45) is 2.15. The SMILES string of the molecule is CC(C)[C@H](NC(=O)OCC1c2ccccc2-c2ccccc21)C(=O)O[C@H](C/C=C\CCC(=O)OCC(Cl)(Cl)Cl)CC(=O)OCC[Si](C)(C)C. The molecular formula is C36H46Cl3NO8Si. The van der Waals surface area contributed by atoms with Crippen molar-refractivity contribution in [3.05, 3.63) is 71.8 Å². The fourth-order valence-corrected chi connectivity index (χ4v) is 6.07. The Bertz CT molecular complexity index is 1430. The average molecular weight is 755 g/mol. The van der Waals surface area contributed by atoms with Gasteiger partial charge in [-0.25, -0.2) is 9.59 Å². The monoisotopic (exact) mass is 753 g/mol. The Labute approximate surface area is 304 Å². The zero-order chi connectivity index (χ0) is 36.2. The molecule has 1 N–H and O–H groups in total. The molecule has 0 bridgehead atoms. The highest BCUT2D eigenvalue weighted by Gasteiger charge is 2.32. The standard InChI is InChI=1S/C36H46Cl3NO8Si/c1-24(2)33(40-35(44)46-22-30-28-16-11-9-14-26(28)27-15-10-12-17-29(27)30)34(43)48-25(21-32(42)45-19-20-49(3,4)5)13-7-6-8-18-31(41)47-23-36(37,38)39/h6-7,9-12,14-17,24-25,30,33H,8,13,18-23H2,1-5H3,(H,40,44)/b7-6-/t25-,33+/m1/s1. The summed E-state index contributed by atoms with van der Waals surface area (Å²) >= 11 is 16.8. The molecule has 9 nitrogen and oxygen atoms in total. The Morgan fingerprint density at radius 1 is 0.878 bits per heavy atom. The van der Waals surface area contributed by atoms with Gasteiger partial charge in [0.25, 0.3) is 0 Å². The largest absolute Gasteiger partial charge is 0.466 e. The zero-order valence-electron chi connectivity index (χ0n) is 28.6. The summed E-state index contributed by atoms with van der Waals surface area (Å²) in [5.41, 5.74) is 4.36. The van der Waals surface area contributed by atoms with Crippen LogP contribution >= 0.6 is 34.8 Å². The van der Waals surface area contributed by atoms with Gasteiger partial charge >= 0.3 is 24.0 Å². The maximum atomic E-state index is 13.4. The van der Waals surface area contributed by atoms with Gasteiger partial charge in [0.1, 0.15) is 25.4 Å². The number of nitrogens with one attached hydrogen (secondary N) is 1. The van der Waals surface area contributed by atoms with E-state index < -0.39 is 48.0 Å². The van der Waals surface area contributed by atoms with Crippen LogP contribution in [0.1, 0.15) is 56.6 Å². The Kier molecular flexibility index (Phi) is 15.5. The minimum Gasteiger partial charge on any atom is -0.466 e. The number of amides is 1. The van der Waals surface area contributed by atoms with Gasteiger partial charge in [-0.05, 0) is 40.6 Å². The van der Waals surface area contributed by atoms with Crippen molar-refractivity contribution in [1.82, 2.24) is 5.32 Å². The number of ether oxygens (including phenoxy) is 4. The van der Waals surface area contributed by atoms with Crippen LogP contribution in [0, 0.1) is 5.92 Å². The topological polar surface area (TPSA) is 117 Å². The second-order valence-electron chi connectivity index (χ2n) is 13.5. The molecule has 13 heteroatoms. The van der Waals surface area contributed by atoms with Gasteiger partial charge in [-0.3, -0.25) is 9.59 Å². The lowest BCUT2D eigenvalue weighted by molar-refractivity contribution is -0.157. The van der Waals surface area contributed by atoms with E-state index in [0.29, 0.717) is 13.0 Å². The van der Waals surface area contributed by atoms with E-state index in [1.54, 1.807) is 26.0 Å². The van der Waals surface area contributed by atoms with Crippen LogP contribution in [-0.2, 0) is 33.3 Å². The number of esters is 3. The van der Waals surface area contributed by atoms with E-state index in [-0.39, 0.29) is 44.3 Å². The van der Waals surface area contributed by atoms with Crippen molar-refractivity contribution in [2.45, 2.75) is 87.1 Å². The number of alkyl carbamates (subject to hydrolysis) is 1. The van der Waals surface area contributed by atoms with Crippen LogP contribution in [0.4, 0.5) is 4.79 Å². The molecule has 0 saturated carbocycles. The molecule has 2 aromatic carbocycles. The number of benzene rings is 2. The molecule has 2 aromatic rings. The Morgan fingerprint density at radius 3 is 2.06 bits per heavy atom. The summed E-state index contributed by atoms with van der Waals surface area (Å²) in [5.74, 6) is -2.21. The fraction of sp³-hybridized carbons (Fsp3) is 0.500. The van der Waals surface area contributed by atoms with E-state index in [9.17, 15) is 19.2 Å². The van der Waals surface area contributed by atoms with Gasteiger partial charge in [0.05, 0.1) is 13.0 Å². The minimum atomic E-state index is -1.69. The predicted molar refractivity (Wildman–Crippen MR) is 195 cm³/mol. The van der Waals surface area contributed by atoms with Gasteiger partial charge in [0.2, 0.25) is 3.79 Å². The molecule has 268 valence electrons. The van der Waals surface area contributed by atoms with Gasteiger partial charge < -0.3 is 24.3 Å². The first-order valence-electron chi connectivity index (χ1n) is 16.4. The third kappa shape index (κ3) is 14.0. The Hall–Kier alpha value is -3.05. The highest BCUT2D eigenvalue weighted by Crippen LogP contribution is 2.44. The van der Waals surface area contributed by atoms with Crippen molar-refractivity contribution in [3.8, 4) is 11.1 Å². The molecule has 1 aliphatic carbocycles. The number of hydrogen-bond donors (Lipinski definition) is 1. The van der Waals surface area contributed by atoms with Crippen molar-refractivity contribution in [2.24, 2.45) is 5.92 Å². The molecule has 0 spiro atoms. The van der Waals surface area contributed by atoms with Gasteiger partial charge in [0.15, 0.2) is 0 Å². The molecule has 3 rings (SSSR count). The lowest BCUT2D eigenvalue weighted by Gasteiger charge is -2.24. The Morgan fingerprint density at radius 2 is 1.49 bits per heavy atom. The third-order valence-corrected chi connectivity index (χ3v) is 9.84. The van der Waals surface area contributed by atoms with Crippen molar-refractivity contribution < 1.29 is 38.1 Å². The summed E-state index contributed by atoms with van der Waals surface area (Å²) < 4.78 is 20.1. The molecule has 0 aromatic heterocycles. The van der Waals surface area contributed by atoms with Crippen molar-refractivity contribution in [3.63, 3.8) is 0 Å². The summed E-state index contributed by atoms with van der Waals surface area (Å²) in [7, 11) is -1.43. The number of fused-ring (bicyclic) bond motifs is 3. The molecule has 0 heterocycles. The fourth-order valence-electron chi connectivity index (χ4n) is 5.19. The smallest absolute Gasteiger partial charge is 0.407 e. The number of allylic oxidation sites excluding steroid dienone is 1. The van der Waals surface area contributed by atoms with Crippen molar-refractivity contribution in [1.29, 1.82) is 0 Å². The minimum absolute atomic E-state index is 0.0416. The van der Waals surface area contributed by atoms with Crippen molar-refractivity contribution >= 4 is 66.9 Å². The third-order valence-electron chi connectivity index (χ3n) is 7.81.